The third kappa shape index (κ3) is 2.81. The molecule has 2 atom stereocenters. The minimum Gasteiger partial charge on any atom is -0.388 e. The summed E-state index contributed by atoms with van der Waals surface area (Å²) in [6, 6.07) is 3.90. The first-order valence-corrected chi connectivity index (χ1v) is 5.25. The molecule has 0 amide bonds. The first-order valence-electron chi connectivity index (χ1n) is 5.25. The van der Waals surface area contributed by atoms with Gasteiger partial charge in [0.1, 0.15) is 0 Å². The van der Waals surface area contributed by atoms with Gasteiger partial charge in [0.15, 0.2) is 0 Å². The number of rotatable bonds is 4. The number of nitrogens with zero attached hydrogens (tertiary/aromatic N) is 1. The fourth-order valence-corrected chi connectivity index (χ4v) is 1.60. The van der Waals surface area contributed by atoms with Gasteiger partial charge >= 0.3 is 0 Å². The van der Waals surface area contributed by atoms with Gasteiger partial charge in [-0.15, -0.1) is 0 Å². The minimum absolute atomic E-state index is 0.310. The van der Waals surface area contributed by atoms with Gasteiger partial charge in [-0.05, 0) is 30.9 Å². The highest BCUT2D eigenvalue weighted by molar-refractivity contribution is 5.16. The molecule has 1 rings (SSSR count). The van der Waals surface area contributed by atoms with Gasteiger partial charge < -0.3 is 5.11 Å². The van der Waals surface area contributed by atoms with E-state index in [0.717, 1.165) is 24.1 Å². The van der Waals surface area contributed by atoms with Gasteiger partial charge in [0.2, 0.25) is 0 Å². The Morgan fingerprint density at radius 3 is 2.64 bits per heavy atom. The fraction of sp³-hybridized carbons (Fsp3) is 0.583. The van der Waals surface area contributed by atoms with Crippen LogP contribution < -0.4 is 0 Å². The van der Waals surface area contributed by atoms with E-state index in [4.69, 9.17) is 0 Å². The largest absolute Gasteiger partial charge is 0.388 e. The zero-order valence-corrected chi connectivity index (χ0v) is 9.20. The fourth-order valence-electron chi connectivity index (χ4n) is 1.60. The Balaban J connectivity index is 2.68. The molecule has 1 aromatic rings. The van der Waals surface area contributed by atoms with E-state index in [-0.39, 0.29) is 6.10 Å². The number of hydrogen-bond acceptors (Lipinski definition) is 2. The molecule has 2 nitrogen and oxygen atoms in total. The predicted octanol–water partition coefficient (Wildman–Crippen LogP) is 2.86. The number of aryl methyl sites for hydroxylation is 1. The van der Waals surface area contributed by atoms with Gasteiger partial charge in [-0.1, -0.05) is 26.3 Å². The van der Waals surface area contributed by atoms with Gasteiger partial charge in [-0.2, -0.15) is 0 Å². The minimum atomic E-state index is -0.372. The van der Waals surface area contributed by atoms with Crippen molar-refractivity contribution < 1.29 is 5.11 Å². The first-order chi connectivity index (χ1) is 6.65. The predicted molar refractivity (Wildman–Crippen MR) is 58.0 cm³/mol. The second-order valence-corrected chi connectivity index (χ2v) is 3.94. The molecule has 0 aliphatic heterocycles. The summed E-state index contributed by atoms with van der Waals surface area (Å²) in [7, 11) is 0. The van der Waals surface area contributed by atoms with Gasteiger partial charge in [0.05, 0.1) is 6.10 Å². The molecule has 78 valence electrons. The Bertz CT molecular complexity index is 268. The third-order valence-corrected chi connectivity index (χ3v) is 2.56. The monoisotopic (exact) mass is 193 g/mol. The second-order valence-electron chi connectivity index (χ2n) is 3.94. The van der Waals surface area contributed by atoms with Gasteiger partial charge in [-0.3, -0.25) is 4.98 Å². The number of aliphatic hydroxyl groups excluding tert-OH is 1. The Labute approximate surface area is 86.0 Å². The second kappa shape index (κ2) is 5.11. The van der Waals surface area contributed by atoms with Gasteiger partial charge in [0.25, 0.3) is 0 Å². The van der Waals surface area contributed by atoms with Gasteiger partial charge in [-0.25, -0.2) is 0 Å². The summed E-state index contributed by atoms with van der Waals surface area (Å²) in [6.07, 6.45) is 3.56. The maximum absolute atomic E-state index is 9.97. The first kappa shape index (κ1) is 11.2. The van der Waals surface area contributed by atoms with E-state index in [1.807, 2.05) is 19.1 Å². The quantitative estimate of drug-likeness (QED) is 0.797. The average Bonchev–Trinajstić information content (AvgIpc) is 2.18. The van der Waals surface area contributed by atoms with Crippen LogP contribution in [-0.4, -0.2) is 10.1 Å². The molecule has 14 heavy (non-hydrogen) atoms. The topological polar surface area (TPSA) is 33.1 Å². The molecule has 1 heterocycles. The van der Waals surface area contributed by atoms with Crippen LogP contribution in [0.25, 0.3) is 0 Å². The highest BCUT2D eigenvalue weighted by Gasteiger charge is 2.15. The molecule has 0 fully saturated rings. The van der Waals surface area contributed by atoms with Crippen molar-refractivity contribution in [1.82, 2.24) is 4.98 Å². The summed E-state index contributed by atoms with van der Waals surface area (Å²) in [4.78, 5) is 4.18. The lowest BCUT2D eigenvalue weighted by Crippen LogP contribution is -2.09. The van der Waals surface area contributed by atoms with Crippen LogP contribution in [0.1, 0.15) is 44.1 Å². The SMILES string of the molecule is CCCC(C)C(O)c1ccc(C)nc1. The molecule has 0 spiro atoms. The highest BCUT2D eigenvalue weighted by atomic mass is 16.3. The zero-order valence-electron chi connectivity index (χ0n) is 9.20. The molecule has 0 aliphatic rings. The summed E-state index contributed by atoms with van der Waals surface area (Å²) in [5, 5.41) is 9.97. The lowest BCUT2D eigenvalue weighted by Gasteiger charge is -2.18. The van der Waals surface area contributed by atoms with Crippen LogP contribution in [-0.2, 0) is 0 Å². The summed E-state index contributed by atoms with van der Waals surface area (Å²) < 4.78 is 0. The van der Waals surface area contributed by atoms with Crippen molar-refractivity contribution in [3.63, 3.8) is 0 Å². The molecular weight excluding hydrogens is 174 g/mol. The van der Waals surface area contributed by atoms with Crippen molar-refractivity contribution in [3.8, 4) is 0 Å². The van der Waals surface area contributed by atoms with E-state index in [9.17, 15) is 5.11 Å². The Morgan fingerprint density at radius 2 is 2.14 bits per heavy atom. The van der Waals surface area contributed by atoms with E-state index >= 15 is 0 Å². The third-order valence-electron chi connectivity index (χ3n) is 2.56. The molecule has 1 aromatic heterocycles. The van der Waals surface area contributed by atoms with Crippen LogP contribution in [0, 0.1) is 12.8 Å². The Hall–Kier alpha value is -0.890. The number of aliphatic hydroxyl groups is 1. The molecule has 0 aliphatic carbocycles. The molecular formula is C12H19NO. The van der Waals surface area contributed by atoms with Crippen LogP contribution in [0.15, 0.2) is 18.3 Å². The Kier molecular flexibility index (Phi) is 4.08. The lowest BCUT2D eigenvalue weighted by molar-refractivity contribution is 0.112. The number of aromatic nitrogens is 1. The van der Waals surface area contributed by atoms with E-state index < -0.39 is 0 Å². The van der Waals surface area contributed by atoms with Crippen LogP contribution in [0.5, 0.6) is 0 Å². The van der Waals surface area contributed by atoms with E-state index in [1.165, 1.54) is 0 Å². The maximum Gasteiger partial charge on any atom is 0.0830 e. The van der Waals surface area contributed by atoms with Crippen molar-refractivity contribution in [2.24, 2.45) is 5.92 Å². The standard InChI is InChI=1S/C12H19NO/c1-4-5-9(2)12(14)11-7-6-10(3)13-8-11/h6-9,12,14H,4-5H2,1-3H3. The van der Waals surface area contributed by atoms with Crippen LogP contribution in [0.4, 0.5) is 0 Å². The molecule has 0 saturated carbocycles. The van der Waals surface area contributed by atoms with Crippen LogP contribution >= 0.6 is 0 Å². The van der Waals surface area contributed by atoms with E-state index in [2.05, 4.69) is 18.8 Å². The van der Waals surface area contributed by atoms with Gasteiger partial charge in [0, 0.05) is 11.9 Å². The lowest BCUT2D eigenvalue weighted by atomic mass is 9.94. The van der Waals surface area contributed by atoms with E-state index in [1.54, 1.807) is 6.20 Å². The molecule has 1 N–H and O–H groups in total. The molecule has 2 unspecified atom stereocenters. The molecule has 0 bridgehead atoms. The summed E-state index contributed by atoms with van der Waals surface area (Å²) in [6.45, 7) is 6.16. The zero-order chi connectivity index (χ0) is 10.6. The van der Waals surface area contributed by atoms with Crippen molar-refractivity contribution in [3.05, 3.63) is 29.6 Å². The summed E-state index contributed by atoms with van der Waals surface area (Å²) in [5.41, 5.74) is 1.92. The van der Waals surface area contributed by atoms with Crippen LogP contribution in [0.3, 0.4) is 0 Å². The molecule has 0 saturated heterocycles. The Morgan fingerprint density at radius 1 is 1.43 bits per heavy atom. The maximum atomic E-state index is 9.97. The van der Waals surface area contributed by atoms with Crippen LogP contribution in [0.2, 0.25) is 0 Å². The van der Waals surface area contributed by atoms with Crippen molar-refractivity contribution >= 4 is 0 Å². The van der Waals surface area contributed by atoms with E-state index in [0.29, 0.717) is 5.92 Å². The molecule has 0 aromatic carbocycles. The highest BCUT2D eigenvalue weighted by Crippen LogP contribution is 2.24. The molecule has 0 radical (unpaired) electrons. The number of pyridine rings is 1. The average molecular weight is 193 g/mol. The van der Waals surface area contributed by atoms with Crippen molar-refractivity contribution in [1.29, 1.82) is 0 Å². The number of hydrogen-bond donors (Lipinski definition) is 1. The normalized spacial score (nSPS) is 15.1. The molecule has 2 heteroatoms. The van der Waals surface area contributed by atoms with Crippen molar-refractivity contribution in [2.45, 2.75) is 39.7 Å². The smallest absolute Gasteiger partial charge is 0.0830 e. The van der Waals surface area contributed by atoms with Crippen molar-refractivity contribution in [2.75, 3.05) is 0 Å². The summed E-state index contributed by atoms with van der Waals surface area (Å²) in [5.74, 6) is 0.310. The summed E-state index contributed by atoms with van der Waals surface area (Å²) >= 11 is 0.